The molecule has 0 saturated heterocycles. The molecule has 0 aromatic carbocycles. The lowest BCUT2D eigenvalue weighted by Crippen LogP contribution is -2.30. The van der Waals surface area contributed by atoms with Crippen LogP contribution in [0.2, 0.25) is 0 Å². The second-order valence-electron chi connectivity index (χ2n) is 23.4. The molecule has 81 heavy (non-hydrogen) atoms. The summed E-state index contributed by atoms with van der Waals surface area (Å²) in [6.45, 7) is 11.7. The average Bonchev–Trinajstić information content (AvgIpc) is 3.43. The summed E-state index contributed by atoms with van der Waals surface area (Å²) in [4.78, 5) is 72.0. The van der Waals surface area contributed by atoms with Crippen molar-refractivity contribution >= 4 is 39.5 Å². The van der Waals surface area contributed by atoms with E-state index in [1.807, 2.05) is 0 Å². The van der Waals surface area contributed by atoms with E-state index >= 15 is 0 Å². The van der Waals surface area contributed by atoms with Crippen LogP contribution in [0.3, 0.4) is 0 Å². The van der Waals surface area contributed by atoms with Crippen molar-refractivity contribution in [2.45, 2.75) is 317 Å². The van der Waals surface area contributed by atoms with E-state index in [0.717, 1.165) is 115 Å². The first-order valence-corrected chi connectivity index (χ1v) is 35.4. The largest absolute Gasteiger partial charge is 0.472 e. The second kappa shape index (κ2) is 53.5. The average molecular weight is 1200 g/mol. The monoisotopic (exact) mass is 1200 g/mol. The smallest absolute Gasteiger partial charge is 0.462 e. The lowest BCUT2D eigenvalue weighted by Gasteiger charge is -2.21. The first-order valence-electron chi connectivity index (χ1n) is 32.4. The fourth-order valence-corrected chi connectivity index (χ4v) is 10.6. The molecule has 0 aliphatic carbocycles. The van der Waals surface area contributed by atoms with Gasteiger partial charge in [0.15, 0.2) is 12.2 Å². The molecule has 0 spiro atoms. The lowest BCUT2D eigenvalue weighted by molar-refractivity contribution is -0.161. The Kier molecular flexibility index (Phi) is 52.2. The maximum Gasteiger partial charge on any atom is 0.472 e. The van der Waals surface area contributed by atoms with E-state index in [4.69, 9.17) is 37.0 Å². The minimum Gasteiger partial charge on any atom is -0.462 e. The highest BCUT2D eigenvalue weighted by molar-refractivity contribution is 7.47. The fourth-order valence-electron chi connectivity index (χ4n) is 9.06. The predicted molar refractivity (Wildman–Crippen MR) is 321 cm³/mol. The van der Waals surface area contributed by atoms with Gasteiger partial charge >= 0.3 is 39.5 Å². The molecule has 3 N–H and O–H groups in total. The number of carbonyl (C=O) groups excluding carboxylic acids is 4. The second-order valence-corrected chi connectivity index (χ2v) is 26.3. The van der Waals surface area contributed by atoms with Gasteiger partial charge in [0, 0.05) is 25.7 Å². The Bertz CT molecular complexity index is 1620. The number of phosphoric acid groups is 2. The number of esters is 4. The number of unbranched alkanes of at least 4 members (excludes halogenated alkanes) is 26. The molecule has 0 amide bonds. The summed E-state index contributed by atoms with van der Waals surface area (Å²) in [5.41, 5.74) is 0. The quantitative estimate of drug-likeness (QED) is 0.0222. The van der Waals surface area contributed by atoms with E-state index < -0.39 is 97.5 Å². The maximum atomic E-state index is 13.0. The van der Waals surface area contributed by atoms with Crippen LogP contribution in [0, 0.1) is 17.8 Å². The molecule has 0 fully saturated rings. The van der Waals surface area contributed by atoms with Crippen LogP contribution in [0.5, 0.6) is 0 Å². The van der Waals surface area contributed by atoms with Gasteiger partial charge in [-0.15, -0.1) is 0 Å². The van der Waals surface area contributed by atoms with Gasteiger partial charge in [-0.1, -0.05) is 248 Å². The van der Waals surface area contributed by atoms with Gasteiger partial charge in [0.25, 0.3) is 0 Å². The first kappa shape index (κ1) is 79.1. The Morgan fingerprint density at radius 1 is 0.358 bits per heavy atom. The topological polar surface area (TPSA) is 237 Å². The molecule has 0 aliphatic rings. The molecule has 0 rings (SSSR count). The molecule has 7 atom stereocenters. The minimum atomic E-state index is -4.94. The van der Waals surface area contributed by atoms with Gasteiger partial charge in [0.05, 0.1) is 26.4 Å². The van der Waals surface area contributed by atoms with E-state index in [9.17, 15) is 43.2 Å². The molecule has 0 aromatic rings. The number of rotatable bonds is 60. The summed E-state index contributed by atoms with van der Waals surface area (Å²) in [7, 11) is -9.88. The van der Waals surface area contributed by atoms with Gasteiger partial charge in [0.1, 0.15) is 19.3 Å². The zero-order chi connectivity index (χ0) is 60.3. The van der Waals surface area contributed by atoms with Crippen LogP contribution < -0.4 is 0 Å². The molecule has 19 heteroatoms. The number of hydrogen-bond donors (Lipinski definition) is 3. The number of carbonyl (C=O) groups is 4. The number of ether oxygens (including phenoxy) is 4. The van der Waals surface area contributed by atoms with Crippen LogP contribution in [0.1, 0.15) is 299 Å². The molecule has 0 saturated carbocycles. The van der Waals surface area contributed by atoms with Crippen molar-refractivity contribution in [3.63, 3.8) is 0 Å². The summed E-state index contributed by atoms with van der Waals surface area (Å²) in [6, 6.07) is 0. The molecular formula is C62H120O17P2. The zero-order valence-corrected chi connectivity index (χ0v) is 54.0. The van der Waals surface area contributed by atoms with Gasteiger partial charge in [-0.3, -0.25) is 37.3 Å². The van der Waals surface area contributed by atoms with Crippen LogP contribution >= 0.6 is 15.6 Å². The van der Waals surface area contributed by atoms with Crippen LogP contribution in [0.4, 0.5) is 0 Å². The molecule has 0 aliphatic heterocycles. The van der Waals surface area contributed by atoms with E-state index in [2.05, 4.69) is 48.5 Å². The Hall–Kier alpha value is -1.94. The van der Waals surface area contributed by atoms with Crippen molar-refractivity contribution < 1.29 is 80.2 Å². The van der Waals surface area contributed by atoms with E-state index in [1.54, 1.807) is 0 Å². The predicted octanol–water partition coefficient (Wildman–Crippen LogP) is 16.7. The summed E-state index contributed by atoms with van der Waals surface area (Å²) in [6.07, 6.45) is 33.5. The van der Waals surface area contributed by atoms with Crippen LogP contribution in [0.15, 0.2) is 0 Å². The Morgan fingerprint density at radius 3 is 0.938 bits per heavy atom. The molecule has 0 aromatic heterocycles. The molecule has 480 valence electrons. The molecule has 0 heterocycles. The van der Waals surface area contributed by atoms with E-state index in [1.165, 1.54) is 96.3 Å². The van der Waals surface area contributed by atoms with Gasteiger partial charge in [-0.2, -0.15) is 0 Å². The SMILES string of the molecule is CCCCCCCCCC(=O)OC[C@H](COP(=O)(O)OC[C@H](O)COP(=O)(O)OC[C@@H](COC(=O)CCCCCCCCCCC(C)CC)OC(=O)CCCCCCCCCCC(C)CC)OC(=O)CCCCCCCCCC(C)C. The lowest BCUT2D eigenvalue weighted by atomic mass is 9.99. The number of phosphoric ester groups is 2. The van der Waals surface area contributed by atoms with Crippen molar-refractivity contribution in [3.05, 3.63) is 0 Å². The van der Waals surface area contributed by atoms with E-state index in [-0.39, 0.29) is 25.7 Å². The molecule has 0 bridgehead atoms. The summed E-state index contributed by atoms with van der Waals surface area (Å²) in [5.74, 6) is 0.0973. The minimum absolute atomic E-state index is 0.102. The van der Waals surface area contributed by atoms with Crippen molar-refractivity contribution in [1.29, 1.82) is 0 Å². The molecular weight excluding hydrogens is 1080 g/mol. The molecule has 4 unspecified atom stereocenters. The molecule has 0 radical (unpaired) electrons. The highest BCUT2D eigenvalue weighted by atomic mass is 31.2. The molecule has 17 nitrogen and oxygen atoms in total. The van der Waals surface area contributed by atoms with Crippen LogP contribution in [-0.4, -0.2) is 96.7 Å². The van der Waals surface area contributed by atoms with Crippen molar-refractivity contribution in [2.24, 2.45) is 17.8 Å². The Balaban J connectivity index is 5.24. The van der Waals surface area contributed by atoms with Gasteiger partial charge in [0.2, 0.25) is 0 Å². The van der Waals surface area contributed by atoms with E-state index in [0.29, 0.717) is 31.6 Å². The highest BCUT2D eigenvalue weighted by Crippen LogP contribution is 2.45. The van der Waals surface area contributed by atoms with Gasteiger partial charge < -0.3 is 33.8 Å². The van der Waals surface area contributed by atoms with Crippen molar-refractivity contribution in [2.75, 3.05) is 39.6 Å². The fraction of sp³-hybridized carbons (Fsp3) is 0.935. The van der Waals surface area contributed by atoms with Crippen LogP contribution in [-0.2, 0) is 65.4 Å². The summed E-state index contributed by atoms with van der Waals surface area (Å²) < 4.78 is 67.8. The summed E-state index contributed by atoms with van der Waals surface area (Å²) >= 11 is 0. The normalized spacial score (nSPS) is 15.1. The third-order valence-corrected chi connectivity index (χ3v) is 16.8. The summed E-state index contributed by atoms with van der Waals surface area (Å²) in [5, 5.41) is 10.5. The van der Waals surface area contributed by atoms with Crippen molar-refractivity contribution in [1.82, 2.24) is 0 Å². The van der Waals surface area contributed by atoms with Crippen molar-refractivity contribution in [3.8, 4) is 0 Å². The Morgan fingerprint density at radius 2 is 0.630 bits per heavy atom. The Labute approximate surface area is 492 Å². The standard InChI is InChI=1S/C62H120O17P2/c1-8-11-12-13-19-29-36-43-59(64)72-49-57(79-62(67)46-39-32-25-18-20-26-33-40-53(4)5)51-76-80(68,69)74-47-56(63)48-75-81(70,71)77-52-58(78-61(66)45-38-31-24-17-15-22-28-35-42-55(7)10-3)50-73-60(65)44-37-30-23-16-14-21-27-34-41-54(6)9-2/h53-58,63H,8-52H2,1-7H3,(H,68,69)(H,70,71)/t54?,55?,56-,57+,58+/m0/s1. The van der Waals surface area contributed by atoms with Gasteiger partial charge in [-0.25, -0.2) is 9.13 Å². The maximum absolute atomic E-state index is 13.0. The third-order valence-electron chi connectivity index (χ3n) is 14.9. The zero-order valence-electron chi connectivity index (χ0n) is 52.2. The number of aliphatic hydroxyl groups excluding tert-OH is 1. The number of hydrogen-bond acceptors (Lipinski definition) is 15. The third kappa shape index (κ3) is 54.5. The van der Waals surface area contributed by atoms with Crippen LogP contribution in [0.25, 0.3) is 0 Å². The highest BCUT2D eigenvalue weighted by Gasteiger charge is 2.30. The number of aliphatic hydroxyl groups is 1. The first-order chi connectivity index (χ1) is 38.8. The van der Waals surface area contributed by atoms with Gasteiger partial charge in [-0.05, 0) is 43.4 Å².